The van der Waals surface area contributed by atoms with E-state index in [1.54, 1.807) is 0 Å². The molecular formula is C48H78O5. The normalized spacial score (nSPS) is 32.1. The van der Waals surface area contributed by atoms with Gasteiger partial charge in [0.25, 0.3) is 0 Å². The summed E-state index contributed by atoms with van der Waals surface area (Å²) < 4.78 is 0. The maximum Gasteiger partial charge on any atom is 0.304 e. The minimum Gasteiger partial charge on any atom is -0.481 e. The van der Waals surface area contributed by atoms with Crippen LogP contribution in [-0.4, -0.2) is 44.7 Å². The van der Waals surface area contributed by atoms with E-state index in [0.29, 0.717) is 0 Å². The van der Waals surface area contributed by atoms with Gasteiger partial charge in [0.15, 0.2) is 0 Å². The summed E-state index contributed by atoms with van der Waals surface area (Å²) in [6, 6.07) is 0. The molecule has 5 heteroatoms. The van der Waals surface area contributed by atoms with Crippen molar-refractivity contribution in [2.75, 3.05) is 0 Å². The summed E-state index contributed by atoms with van der Waals surface area (Å²) in [5.74, 6) is -0.953. The highest BCUT2D eigenvalue weighted by molar-refractivity contribution is 5.74. The van der Waals surface area contributed by atoms with Gasteiger partial charge in [-0.2, -0.15) is 0 Å². The topological polar surface area (TPSA) is 98.0 Å². The number of hydrogen-bond acceptors (Lipinski definition) is 4. The minimum atomic E-state index is -1.28. The monoisotopic (exact) mass is 735 g/mol. The van der Waals surface area contributed by atoms with Crippen molar-refractivity contribution in [3.8, 4) is 0 Å². The Morgan fingerprint density at radius 3 is 0.849 bits per heavy atom. The van der Waals surface area contributed by atoms with Crippen molar-refractivity contribution in [1.29, 1.82) is 0 Å². The quantitative estimate of drug-likeness (QED) is 0.225. The molecule has 6 unspecified atom stereocenters. The molecule has 0 bridgehead atoms. The second-order valence-corrected chi connectivity index (χ2v) is 23.6. The third kappa shape index (κ3) is 7.54. The largest absolute Gasteiger partial charge is 0.481 e. The first-order valence-corrected chi connectivity index (χ1v) is 19.9. The fourth-order valence-corrected chi connectivity index (χ4v) is 8.57. The van der Waals surface area contributed by atoms with Crippen LogP contribution in [0.25, 0.3) is 0 Å². The van der Waals surface area contributed by atoms with E-state index < -0.39 is 78.4 Å². The van der Waals surface area contributed by atoms with Crippen molar-refractivity contribution in [1.82, 2.24) is 0 Å². The Morgan fingerprint density at radius 1 is 0.491 bits per heavy atom. The van der Waals surface area contributed by atoms with Crippen LogP contribution in [0.1, 0.15) is 152 Å². The predicted octanol–water partition coefficient (Wildman–Crippen LogP) is 11.4. The number of rotatable bonds is 5. The predicted molar refractivity (Wildman–Crippen MR) is 222 cm³/mol. The first-order chi connectivity index (χ1) is 23.2. The van der Waals surface area contributed by atoms with Crippen molar-refractivity contribution >= 4 is 5.97 Å². The number of allylic oxidation sites excluding steroid dienone is 6. The molecule has 0 aromatic rings. The third-order valence-electron chi connectivity index (χ3n) is 14.2. The highest BCUT2D eigenvalue weighted by Gasteiger charge is 2.57. The first kappa shape index (κ1) is 45.2. The molecule has 0 radical (unpaired) electrons. The van der Waals surface area contributed by atoms with Gasteiger partial charge in [-0.25, -0.2) is 0 Å². The molecular weight excluding hydrogens is 657 g/mol. The molecule has 0 aromatic carbocycles. The molecule has 0 heterocycles. The highest BCUT2D eigenvalue weighted by Crippen LogP contribution is 2.63. The smallest absolute Gasteiger partial charge is 0.304 e. The fraction of sp³-hybridized carbons (Fsp3) is 0.729. The van der Waals surface area contributed by atoms with Crippen LogP contribution in [0.5, 0.6) is 0 Å². The van der Waals surface area contributed by atoms with Gasteiger partial charge in [-0.05, 0) is 65.9 Å². The number of carboxylic acids is 1. The molecule has 5 nitrogen and oxygen atoms in total. The van der Waals surface area contributed by atoms with Gasteiger partial charge in [-0.1, -0.05) is 182 Å². The summed E-state index contributed by atoms with van der Waals surface area (Å²) >= 11 is 0. The molecule has 3 aliphatic rings. The van der Waals surface area contributed by atoms with Crippen molar-refractivity contribution in [3.05, 3.63) is 69.9 Å². The van der Waals surface area contributed by atoms with Crippen LogP contribution in [0.3, 0.4) is 0 Å². The molecule has 0 spiro atoms. The zero-order valence-corrected chi connectivity index (χ0v) is 37.6. The van der Waals surface area contributed by atoms with Crippen LogP contribution in [0.15, 0.2) is 69.9 Å². The lowest BCUT2D eigenvalue weighted by molar-refractivity contribution is -0.138. The number of carbonyl (C=O) groups is 1. The highest BCUT2D eigenvalue weighted by atomic mass is 16.4. The average molecular weight is 735 g/mol. The summed E-state index contributed by atoms with van der Waals surface area (Å²) in [7, 11) is 0. The molecule has 4 N–H and O–H groups in total. The molecule has 300 valence electrons. The molecule has 0 aromatic heterocycles. The molecule has 0 amide bonds. The molecule has 53 heavy (non-hydrogen) atoms. The second-order valence-electron chi connectivity index (χ2n) is 23.6. The van der Waals surface area contributed by atoms with Crippen LogP contribution in [0.4, 0.5) is 0 Å². The Morgan fingerprint density at radius 2 is 0.698 bits per heavy atom. The van der Waals surface area contributed by atoms with Crippen molar-refractivity contribution in [3.63, 3.8) is 0 Å². The van der Waals surface area contributed by atoms with E-state index in [0.717, 1.165) is 33.4 Å². The summed E-state index contributed by atoms with van der Waals surface area (Å²) in [6.07, 6.45) is 10.1. The Kier molecular flexibility index (Phi) is 11.2. The van der Waals surface area contributed by atoms with Gasteiger partial charge in [-0.3, -0.25) is 4.79 Å². The van der Waals surface area contributed by atoms with Crippen molar-refractivity contribution in [2.24, 2.45) is 54.1 Å². The van der Waals surface area contributed by atoms with Gasteiger partial charge in [-0.15, -0.1) is 0 Å². The number of aliphatic carboxylic acids is 1. The van der Waals surface area contributed by atoms with Crippen LogP contribution >= 0.6 is 0 Å². The van der Waals surface area contributed by atoms with E-state index >= 15 is 0 Å². The number of aliphatic hydroxyl groups excluding tert-OH is 3. The maximum absolute atomic E-state index is 13.8. The van der Waals surface area contributed by atoms with Gasteiger partial charge >= 0.3 is 5.97 Å². The van der Waals surface area contributed by atoms with Crippen LogP contribution in [0.2, 0.25) is 0 Å². The second kappa shape index (κ2) is 13.2. The molecule has 0 saturated heterocycles. The lowest BCUT2D eigenvalue weighted by atomic mass is 9.49. The SMILES string of the molecule is CC(C)(C)C1=CC(C(CC(=O)O)(C2=CC(C)(C(C)(C)C)C(O)C(C(C)(C)C)=C2)C2=CC(C)(C(C)(C)C)C(O)C(C(C)(C)C)=C2)=CC(C)(C(C)(C)C)C1O. The van der Waals surface area contributed by atoms with Crippen LogP contribution < -0.4 is 0 Å². The standard InChI is InChI=1S/C48H78O5/c1-39(2,3)32-22-29(25-45(19,36(32)51)42(10,11)12)48(28-35(49)50,30-23-33(40(4,5)6)37(52)46(20,26-30)43(13,14)15)31-24-34(41(7,8)9)38(53)47(21,27-31)44(16,17)18/h22-27,36-38,51-53H,28H2,1-21H3,(H,49,50). The first-order valence-electron chi connectivity index (χ1n) is 19.9. The zero-order chi connectivity index (χ0) is 41.7. The average Bonchev–Trinajstić information content (AvgIpc) is 2.92. The number of aliphatic hydroxyl groups is 3. The van der Waals surface area contributed by atoms with Crippen LogP contribution in [-0.2, 0) is 4.79 Å². The van der Waals surface area contributed by atoms with Gasteiger partial charge in [0, 0.05) is 16.2 Å². The molecule has 0 aliphatic heterocycles. The van der Waals surface area contributed by atoms with E-state index in [-0.39, 0.29) is 6.42 Å². The Bertz CT molecular complexity index is 1470. The van der Waals surface area contributed by atoms with Gasteiger partial charge in [0.05, 0.1) is 30.1 Å². The van der Waals surface area contributed by atoms with Gasteiger partial charge < -0.3 is 20.4 Å². The Labute approximate surface area is 324 Å². The van der Waals surface area contributed by atoms with Gasteiger partial charge in [0.1, 0.15) is 0 Å². The third-order valence-corrected chi connectivity index (χ3v) is 14.2. The number of hydrogen-bond donors (Lipinski definition) is 4. The van der Waals surface area contributed by atoms with E-state index in [4.69, 9.17) is 0 Å². The fourth-order valence-electron chi connectivity index (χ4n) is 8.57. The molecule has 6 atom stereocenters. The molecule has 0 saturated carbocycles. The Balaban J connectivity index is 2.90. The minimum absolute atomic E-state index is 0.269. The van der Waals surface area contributed by atoms with Crippen LogP contribution in [0, 0.1) is 54.1 Å². The number of carboxylic acid groups (broad SMARTS) is 1. The van der Waals surface area contributed by atoms with Gasteiger partial charge in [0.2, 0.25) is 0 Å². The van der Waals surface area contributed by atoms with E-state index in [1.165, 1.54) is 0 Å². The van der Waals surface area contributed by atoms with E-state index in [2.05, 4.69) is 182 Å². The lowest BCUT2D eigenvalue weighted by Gasteiger charge is -2.55. The van der Waals surface area contributed by atoms with Crippen molar-refractivity contribution < 1.29 is 25.2 Å². The van der Waals surface area contributed by atoms with Crippen molar-refractivity contribution in [2.45, 2.75) is 170 Å². The summed E-state index contributed by atoms with van der Waals surface area (Å²) in [6.45, 7) is 44.6. The lowest BCUT2D eigenvalue weighted by Crippen LogP contribution is -2.51. The Hall–Kier alpha value is -2.21. The maximum atomic E-state index is 13.8. The molecule has 3 rings (SSSR count). The zero-order valence-electron chi connectivity index (χ0n) is 37.6. The summed E-state index contributed by atoms with van der Waals surface area (Å²) in [4.78, 5) is 13.8. The van der Waals surface area contributed by atoms with E-state index in [1.807, 2.05) is 0 Å². The molecule has 3 aliphatic carbocycles. The van der Waals surface area contributed by atoms with E-state index in [9.17, 15) is 25.2 Å². The molecule has 0 fully saturated rings. The summed E-state index contributed by atoms with van der Waals surface area (Å²) in [5.41, 5.74) is -1.14. The summed E-state index contributed by atoms with van der Waals surface area (Å²) in [5, 5.41) is 48.3.